The van der Waals surface area contributed by atoms with E-state index in [4.69, 9.17) is 14.2 Å². The van der Waals surface area contributed by atoms with E-state index in [1.54, 1.807) is 14.0 Å². The molecular weight excluding hydrogens is 340 g/mol. The van der Waals surface area contributed by atoms with E-state index in [2.05, 4.69) is 26.8 Å². The lowest BCUT2D eigenvalue weighted by Crippen LogP contribution is -2.17. The van der Waals surface area contributed by atoms with Crippen LogP contribution in [0.1, 0.15) is 47.1 Å². The summed E-state index contributed by atoms with van der Waals surface area (Å²) in [6, 6.07) is 5.94. The number of hydrogen-bond donors (Lipinski definition) is 0. The molecule has 0 aromatic heterocycles. The van der Waals surface area contributed by atoms with Gasteiger partial charge in [0.2, 0.25) is 0 Å². The Balaban J connectivity index is 0.000000293. The number of allylic oxidation sites excluding steroid dienone is 4. The van der Waals surface area contributed by atoms with Crippen LogP contribution in [0.4, 0.5) is 0 Å². The molecule has 1 aromatic rings. The predicted octanol–water partition coefficient (Wildman–Crippen LogP) is 5.59. The lowest BCUT2D eigenvalue weighted by molar-refractivity contribution is -0.137. The summed E-state index contributed by atoms with van der Waals surface area (Å²) in [4.78, 5) is 10.8. The maximum absolute atomic E-state index is 10.8. The molecule has 0 spiro atoms. The molecule has 1 aromatic carbocycles. The van der Waals surface area contributed by atoms with Gasteiger partial charge in [-0.1, -0.05) is 32.1 Å². The number of rotatable bonds is 4. The predicted molar refractivity (Wildman–Crippen MR) is 111 cm³/mol. The van der Waals surface area contributed by atoms with Crippen LogP contribution in [0.3, 0.4) is 0 Å². The number of fused-ring (bicyclic) bond motifs is 1. The Hall–Kier alpha value is -2.49. The van der Waals surface area contributed by atoms with Crippen LogP contribution < -0.4 is 9.47 Å². The van der Waals surface area contributed by atoms with Crippen molar-refractivity contribution in [2.24, 2.45) is 5.41 Å². The maximum atomic E-state index is 10.8. The van der Waals surface area contributed by atoms with Crippen LogP contribution in [0.25, 0.3) is 5.57 Å². The Labute approximate surface area is 163 Å². The van der Waals surface area contributed by atoms with Gasteiger partial charge >= 0.3 is 5.97 Å². The summed E-state index contributed by atoms with van der Waals surface area (Å²) in [5.74, 6) is 1.54. The fourth-order valence-corrected chi connectivity index (χ4v) is 2.72. The van der Waals surface area contributed by atoms with Crippen LogP contribution in [0.5, 0.6) is 11.5 Å². The Kier molecular flexibility index (Phi) is 8.86. The largest absolute Gasteiger partial charge is 0.497 e. The molecule has 0 unspecified atom stereocenters. The molecule has 1 aliphatic rings. The van der Waals surface area contributed by atoms with Crippen LogP contribution in [0, 0.1) is 5.41 Å². The molecule has 4 nitrogen and oxygen atoms in total. The van der Waals surface area contributed by atoms with E-state index in [1.807, 2.05) is 44.2 Å². The van der Waals surface area contributed by atoms with Gasteiger partial charge in [0.05, 0.1) is 20.3 Å². The highest BCUT2D eigenvalue weighted by atomic mass is 16.5. The van der Waals surface area contributed by atoms with E-state index in [-0.39, 0.29) is 11.4 Å². The molecule has 27 heavy (non-hydrogen) atoms. The summed E-state index contributed by atoms with van der Waals surface area (Å²) in [5, 5.41) is 0. The zero-order valence-electron chi connectivity index (χ0n) is 17.6. The molecular formula is C23H32O4. The van der Waals surface area contributed by atoms with Crippen LogP contribution in [-0.4, -0.2) is 26.3 Å². The Morgan fingerprint density at radius 3 is 2.63 bits per heavy atom. The molecule has 0 amide bonds. The van der Waals surface area contributed by atoms with Gasteiger partial charge in [0.25, 0.3) is 0 Å². The minimum Gasteiger partial charge on any atom is -0.497 e. The van der Waals surface area contributed by atoms with E-state index in [0.717, 1.165) is 22.6 Å². The fourth-order valence-electron chi connectivity index (χ4n) is 2.72. The first kappa shape index (κ1) is 22.6. The number of ether oxygens (including phenoxy) is 3. The van der Waals surface area contributed by atoms with E-state index in [0.29, 0.717) is 13.2 Å². The molecule has 0 atom stereocenters. The summed E-state index contributed by atoms with van der Waals surface area (Å²) in [6.07, 6.45) is 7.48. The Bertz CT molecular complexity index is 724. The number of carbonyl (C=O) groups excluding carboxylic acids is 1. The van der Waals surface area contributed by atoms with Crippen LogP contribution in [-0.2, 0) is 9.53 Å². The quantitative estimate of drug-likeness (QED) is 0.393. The summed E-state index contributed by atoms with van der Waals surface area (Å²) in [7, 11) is 1.68. The Morgan fingerprint density at radius 2 is 2.04 bits per heavy atom. The second-order valence-electron chi connectivity index (χ2n) is 7.11. The number of hydrogen-bond acceptors (Lipinski definition) is 4. The molecule has 0 bridgehead atoms. The van der Waals surface area contributed by atoms with Gasteiger partial charge in [-0.15, -0.1) is 0 Å². The number of carbonyl (C=O) groups is 1. The lowest BCUT2D eigenvalue weighted by Gasteiger charge is -2.18. The molecule has 0 N–H and O–H groups in total. The minimum atomic E-state index is -0.275. The molecule has 1 aliphatic heterocycles. The van der Waals surface area contributed by atoms with Crippen molar-refractivity contribution in [2.75, 3.05) is 20.3 Å². The van der Waals surface area contributed by atoms with Gasteiger partial charge in [0.1, 0.15) is 11.5 Å². The zero-order valence-corrected chi connectivity index (χ0v) is 17.6. The topological polar surface area (TPSA) is 44.8 Å². The van der Waals surface area contributed by atoms with Crippen molar-refractivity contribution in [1.29, 1.82) is 0 Å². The van der Waals surface area contributed by atoms with Crippen molar-refractivity contribution < 1.29 is 19.0 Å². The smallest absolute Gasteiger partial charge is 0.330 e. The first-order valence-electron chi connectivity index (χ1n) is 9.20. The van der Waals surface area contributed by atoms with Gasteiger partial charge in [-0.05, 0) is 57.0 Å². The molecule has 0 saturated heterocycles. The van der Waals surface area contributed by atoms with Gasteiger partial charge in [0, 0.05) is 17.1 Å². The molecule has 0 fully saturated rings. The van der Waals surface area contributed by atoms with Crippen LogP contribution >= 0.6 is 0 Å². The molecule has 1 heterocycles. The first-order chi connectivity index (χ1) is 12.7. The lowest BCUT2D eigenvalue weighted by atomic mass is 9.91. The van der Waals surface area contributed by atoms with E-state index < -0.39 is 0 Å². The fraction of sp³-hybridized carbons (Fsp3) is 0.435. The zero-order chi connectivity index (χ0) is 20.4. The summed E-state index contributed by atoms with van der Waals surface area (Å²) in [5.41, 5.74) is 3.36. The SMILES string of the molecule is C/C=C/C(C)=C\C(=O)OCC.COc1ccc2c(c1)C(C)=CC(C)(C)CO2. The minimum absolute atomic E-state index is 0.0797. The third kappa shape index (κ3) is 7.73. The van der Waals surface area contributed by atoms with Crippen molar-refractivity contribution in [1.82, 2.24) is 0 Å². The number of benzene rings is 1. The highest BCUT2D eigenvalue weighted by molar-refractivity contribution is 5.83. The molecule has 4 heteroatoms. The van der Waals surface area contributed by atoms with E-state index >= 15 is 0 Å². The summed E-state index contributed by atoms with van der Waals surface area (Å²) >= 11 is 0. The average molecular weight is 373 g/mol. The highest BCUT2D eigenvalue weighted by Gasteiger charge is 2.22. The van der Waals surface area contributed by atoms with Crippen molar-refractivity contribution in [3.63, 3.8) is 0 Å². The number of esters is 1. The normalized spacial score (nSPS) is 15.5. The monoisotopic (exact) mass is 372 g/mol. The van der Waals surface area contributed by atoms with Crippen molar-refractivity contribution in [2.45, 2.75) is 41.5 Å². The maximum Gasteiger partial charge on any atom is 0.330 e. The van der Waals surface area contributed by atoms with Crippen molar-refractivity contribution >= 4 is 11.5 Å². The Morgan fingerprint density at radius 1 is 1.33 bits per heavy atom. The van der Waals surface area contributed by atoms with E-state index in [1.165, 1.54) is 11.6 Å². The molecule has 0 aliphatic carbocycles. The van der Waals surface area contributed by atoms with Gasteiger partial charge in [0.15, 0.2) is 0 Å². The average Bonchev–Trinajstić information content (AvgIpc) is 2.71. The van der Waals surface area contributed by atoms with Crippen LogP contribution in [0.15, 0.2) is 48.1 Å². The summed E-state index contributed by atoms with van der Waals surface area (Å²) < 4.78 is 15.8. The summed E-state index contributed by atoms with van der Waals surface area (Å²) in [6.45, 7) is 13.2. The van der Waals surface area contributed by atoms with Crippen LogP contribution in [0.2, 0.25) is 0 Å². The highest BCUT2D eigenvalue weighted by Crippen LogP contribution is 2.36. The van der Waals surface area contributed by atoms with Gasteiger partial charge in [-0.2, -0.15) is 0 Å². The molecule has 148 valence electrons. The van der Waals surface area contributed by atoms with Crippen molar-refractivity contribution in [3.8, 4) is 11.5 Å². The van der Waals surface area contributed by atoms with Crippen molar-refractivity contribution in [3.05, 3.63) is 53.6 Å². The number of methoxy groups -OCH3 is 1. The molecule has 0 radical (unpaired) electrons. The molecule has 0 saturated carbocycles. The third-order valence-corrected chi connectivity index (χ3v) is 3.88. The first-order valence-corrected chi connectivity index (χ1v) is 9.20. The second-order valence-corrected chi connectivity index (χ2v) is 7.11. The standard InChI is InChI=1S/C14H18O2.C9H14O2/c1-10-8-14(2,3)9-16-13-6-5-11(15-4)7-12(10)13;1-4-6-8(3)7-9(10)11-5-2/h5-8H,9H2,1-4H3;4,6-7H,5H2,1-3H3/b;6-4+,8-7-. The van der Waals surface area contributed by atoms with Gasteiger partial charge in [-0.25, -0.2) is 4.79 Å². The third-order valence-electron chi connectivity index (χ3n) is 3.88. The van der Waals surface area contributed by atoms with Gasteiger partial charge < -0.3 is 14.2 Å². The van der Waals surface area contributed by atoms with E-state index in [9.17, 15) is 4.79 Å². The molecule has 2 rings (SSSR count). The van der Waals surface area contributed by atoms with Gasteiger partial charge in [-0.3, -0.25) is 0 Å². The second kappa shape index (κ2) is 10.6.